The smallest absolute Gasteiger partial charge is 0.255 e. The monoisotopic (exact) mass is 261 g/mol. The van der Waals surface area contributed by atoms with Crippen molar-refractivity contribution in [2.24, 2.45) is 11.8 Å². The summed E-state index contributed by atoms with van der Waals surface area (Å²) in [5.41, 5.74) is 1.11. The third-order valence-corrected chi connectivity index (χ3v) is 4.08. The van der Waals surface area contributed by atoms with E-state index in [1.54, 1.807) is 25.1 Å². The molecule has 1 fully saturated rings. The minimum Gasteiger partial charge on any atom is -0.507 e. The second kappa shape index (κ2) is 6.09. The maximum absolute atomic E-state index is 12.1. The van der Waals surface area contributed by atoms with Crippen molar-refractivity contribution in [3.05, 3.63) is 29.3 Å². The van der Waals surface area contributed by atoms with Crippen LogP contribution in [-0.4, -0.2) is 17.6 Å². The molecule has 0 aromatic heterocycles. The third-order valence-electron chi connectivity index (χ3n) is 4.08. The molecule has 1 saturated carbocycles. The summed E-state index contributed by atoms with van der Waals surface area (Å²) in [6.07, 6.45) is 4.96. The highest BCUT2D eigenvalue weighted by atomic mass is 16.3. The molecule has 0 bridgehead atoms. The first kappa shape index (κ1) is 13.9. The van der Waals surface area contributed by atoms with Crippen LogP contribution in [-0.2, 0) is 0 Å². The molecule has 1 aliphatic rings. The lowest BCUT2D eigenvalue weighted by Gasteiger charge is -2.26. The minimum absolute atomic E-state index is 0.0945. The van der Waals surface area contributed by atoms with Gasteiger partial charge >= 0.3 is 0 Å². The van der Waals surface area contributed by atoms with Crippen molar-refractivity contribution in [3.8, 4) is 5.75 Å². The number of aryl methyl sites for hydroxylation is 1. The Labute approximate surface area is 115 Å². The molecule has 2 N–H and O–H groups in total. The second-order valence-electron chi connectivity index (χ2n) is 5.82. The average Bonchev–Trinajstić information content (AvgIpc) is 2.39. The molecule has 2 atom stereocenters. The first-order valence-electron chi connectivity index (χ1n) is 7.14. The van der Waals surface area contributed by atoms with E-state index in [1.165, 1.54) is 25.7 Å². The van der Waals surface area contributed by atoms with Crippen molar-refractivity contribution in [2.45, 2.75) is 39.5 Å². The van der Waals surface area contributed by atoms with Crippen LogP contribution in [0.5, 0.6) is 5.75 Å². The summed E-state index contributed by atoms with van der Waals surface area (Å²) in [7, 11) is 0. The van der Waals surface area contributed by atoms with Crippen LogP contribution in [0, 0.1) is 18.8 Å². The lowest BCUT2D eigenvalue weighted by molar-refractivity contribution is 0.0938. The standard InChI is InChI=1S/C16H23NO2/c1-11-5-3-7-13(9-11)10-17-16(19)14-8-4-6-12(2)15(14)18/h4,6,8,11,13,18H,3,5,7,9-10H2,1-2H3,(H,17,19). The number of aromatic hydroxyl groups is 1. The van der Waals surface area contributed by atoms with Gasteiger partial charge in [0.25, 0.3) is 5.91 Å². The number of hydrogen-bond donors (Lipinski definition) is 2. The van der Waals surface area contributed by atoms with E-state index in [2.05, 4.69) is 12.2 Å². The molecule has 104 valence electrons. The van der Waals surface area contributed by atoms with E-state index in [4.69, 9.17) is 0 Å². The molecule has 2 rings (SSSR count). The van der Waals surface area contributed by atoms with Gasteiger partial charge in [-0.1, -0.05) is 31.9 Å². The number of benzene rings is 1. The fourth-order valence-electron chi connectivity index (χ4n) is 2.92. The predicted octanol–water partition coefficient (Wildman–Crippen LogP) is 3.26. The number of hydrogen-bond acceptors (Lipinski definition) is 2. The van der Waals surface area contributed by atoms with E-state index in [-0.39, 0.29) is 11.7 Å². The molecule has 0 saturated heterocycles. The van der Waals surface area contributed by atoms with Gasteiger partial charge in [0, 0.05) is 6.54 Å². The van der Waals surface area contributed by atoms with Crippen LogP contribution in [0.3, 0.4) is 0 Å². The summed E-state index contributed by atoms with van der Waals surface area (Å²) >= 11 is 0. The SMILES string of the molecule is Cc1cccc(C(=O)NCC2CCCC(C)C2)c1O. The van der Waals surface area contributed by atoms with Gasteiger partial charge in [0.15, 0.2) is 0 Å². The van der Waals surface area contributed by atoms with Crippen LogP contribution in [0.2, 0.25) is 0 Å². The molecule has 1 aliphatic carbocycles. The number of para-hydroxylation sites is 1. The third kappa shape index (κ3) is 3.49. The maximum Gasteiger partial charge on any atom is 0.255 e. The van der Waals surface area contributed by atoms with Gasteiger partial charge in [-0.3, -0.25) is 4.79 Å². The van der Waals surface area contributed by atoms with Gasteiger partial charge in [0.1, 0.15) is 5.75 Å². The van der Waals surface area contributed by atoms with E-state index in [1.807, 2.05) is 0 Å². The zero-order valence-electron chi connectivity index (χ0n) is 11.8. The van der Waals surface area contributed by atoms with E-state index < -0.39 is 0 Å². The van der Waals surface area contributed by atoms with Crippen LogP contribution in [0.15, 0.2) is 18.2 Å². The van der Waals surface area contributed by atoms with Crippen LogP contribution in [0.25, 0.3) is 0 Å². The number of amides is 1. The topological polar surface area (TPSA) is 49.3 Å². The Bertz CT molecular complexity index is 456. The fourth-order valence-corrected chi connectivity index (χ4v) is 2.92. The minimum atomic E-state index is -0.167. The average molecular weight is 261 g/mol. The Morgan fingerprint density at radius 3 is 2.95 bits per heavy atom. The number of phenolic OH excluding ortho intramolecular Hbond substituents is 1. The van der Waals surface area contributed by atoms with Gasteiger partial charge in [0.05, 0.1) is 5.56 Å². The van der Waals surface area contributed by atoms with Crippen molar-refractivity contribution in [1.29, 1.82) is 0 Å². The highest BCUT2D eigenvalue weighted by Crippen LogP contribution is 2.28. The zero-order chi connectivity index (χ0) is 13.8. The lowest BCUT2D eigenvalue weighted by Crippen LogP contribution is -2.31. The predicted molar refractivity (Wildman–Crippen MR) is 76.3 cm³/mol. The van der Waals surface area contributed by atoms with Crippen molar-refractivity contribution in [3.63, 3.8) is 0 Å². The summed E-state index contributed by atoms with van der Waals surface area (Å²) in [4.78, 5) is 12.1. The molecule has 1 aromatic rings. The van der Waals surface area contributed by atoms with E-state index in [0.717, 1.165) is 18.0 Å². The number of nitrogens with one attached hydrogen (secondary N) is 1. The Morgan fingerprint density at radius 1 is 1.42 bits per heavy atom. The van der Waals surface area contributed by atoms with Crippen molar-refractivity contribution in [2.75, 3.05) is 6.54 Å². The van der Waals surface area contributed by atoms with Gasteiger partial charge in [-0.25, -0.2) is 0 Å². The maximum atomic E-state index is 12.1. The van der Waals surface area contributed by atoms with Crippen LogP contribution in [0.1, 0.15) is 48.5 Å². The van der Waals surface area contributed by atoms with Crippen molar-refractivity contribution in [1.82, 2.24) is 5.32 Å². The van der Waals surface area contributed by atoms with E-state index >= 15 is 0 Å². The molecule has 0 radical (unpaired) electrons. The van der Waals surface area contributed by atoms with Crippen LogP contribution >= 0.6 is 0 Å². The van der Waals surface area contributed by atoms with Crippen LogP contribution < -0.4 is 5.32 Å². The quantitative estimate of drug-likeness (QED) is 0.877. The summed E-state index contributed by atoms with van der Waals surface area (Å²) in [6, 6.07) is 5.27. The number of carbonyl (C=O) groups is 1. The van der Waals surface area contributed by atoms with E-state index in [9.17, 15) is 9.90 Å². The van der Waals surface area contributed by atoms with E-state index in [0.29, 0.717) is 11.5 Å². The fraction of sp³-hybridized carbons (Fsp3) is 0.562. The zero-order valence-corrected chi connectivity index (χ0v) is 11.8. The first-order chi connectivity index (χ1) is 9.08. The molecular formula is C16H23NO2. The first-order valence-corrected chi connectivity index (χ1v) is 7.14. The molecular weight excluding hydrogens is 238 g/mol. The number of carbonyl (C=O) groups excluding carboxylic acids is 1. The summed E-state index contributed by atoms with van der Waals surface area (Å²) in [5.74, 6) is 1.28. The Morgan fingerprint density at radius 2 is 2.21 bits per heavy atom. The summed E-state index contributed by atoms with van der Waals surface area (Å²) in [6.45, 7) is 4.80. The van der Waals surface area contributed by atoms with Gasteiger partial charge < -0.3 is 10.4 Å². The van der Waals surface area contributed by atoms with Crippen molar-refractivity contribution < 1.29 is 9.90 Å². The molecule has 1 amide bonds. The van der Waals surface area contributed by atoms with Crippen LogP contribution in [0.4, 0.5) is 0 Å². The number of rotatable bonds is 3. The van der Waals surface area contributed by atoms with Gasteiger partial charge in [-0.15, -0.1) is 0 Å². The molecule has 0 heterocycles. The molecule has 3 heteroatoms. The summed E-state index contributed by atoms with van der Waals surface area (Å²) in [5, 5.41) is 12.8. The highest BCUT2D eigenvalue weighted by molar-refractivity contribution is 5.97. The largest absolute Gasteiger partial charge is 0.507 e. The lowest BCUT2D eigenvalue weighted by atomic mass is 9.82. The molecule has 0 spiro atoms. The Hall–Kier alpha value is -1.51. The summed E-state index contributed by atoms with van der Waals surface area (Å²) < 4.78 is 0. The van der Waals surface area contributed by atoms with Gasteiger partial charge in [-0.05, 0) is 43.2 Å². The normalized spacial score (nSPS) is 23.1. The van der Waals surface area contributed by atoms with Gasteiger partial charge in [0.2, 0.25) is 0 Å². The second-order valence-corrected chi connectivity index (χ2v) is 5.82. The Balaban J connectivity index is 1.92. The molecule has 3 nitrogen and oxygen atoms in total. The Kier molecular flexibility index (Phi) is 4.46. The highest BCUT2D eigenvalue weighted by Gasteiger charge is 2.20. The van der Waals surface area contributed by atoms with Crippen molar-refractivity contribution >= 4 is 5.91 Å². The molecule has 19 heavy (non-hydrogen) atoms. The molecule has 0 aliphatic heterocycles. The number of phenols is 1. The molecule has 2 unspecified atom stereocenters. The van der Waals surface area contributed by atoms with Gasteiger partial charge in [-0.2, -0.15) is 0 Å². The molecule has 1 aromatic carbocycles.